The van der Waals surface area contributed by atoms with Gasteiger partial charge in [-0.05, 0) is 40.3 Å². The van der Waals surface area contributed by atoms with Crippen LogP contribution in [0.25, 0.3) is 11.1 Å². The predicted octanol–water partition coefficient (Wildman–Crippen LogP) is 4.27. The molecule has 158 valence electrons. The van der Waals surface area contributed by atoms with Crippen molar-refractivity contribution in [1.29, 1.82) is 0 Å². The Morgan fingerprint density at radius 2 is 1.48 bits per heavy atom. The number of rotatable bonds is 7. The number of carbonyl (C=O) groups excluding carboxylic acids is 1. The molecule has 3 aromatic rings. The van der Waals surface area contributed by atoms with Gasteiger partial charge in [0.25, 0.3) is 0 Å². The Balaban J connectivity index is 1.50. The van der Waals surface area contributed by atoms with E-state index in [4.69, 9.17) is 22.1 Å². The zero-order valence-corrected chi connectivity index (χ0v) is 17.5. The van der Waals surface area contributed by atoms with E-state index in [1.807, 2.05) is 48.5 Å². The molecule has 0 radical (unpaired) electrons. The van der Waals surface area contributed by atoms with E-state index < -0.39 is 23.9 Å². The summed E-state index contributed by atoms with van der Waals surface area (Å²) >= 11 is 6.16. The Labute approximate surface area is 185 Å². The molecule has 3 N–H and O–H groups in total. The number of ether oxygens (including phenoxy) is 1. The first kappa shape index (κ1) is 21.1. The molecule has 0 saturated carbocycles. The molecule has 3 aromatic carbocycles. The van der Waals surface area contributed by atoms with Gasteiger partial charge in [0.2, 0.25) is 0 Å². The predicted molar refractivity (Wildman–Crippen MR) is 119 cm³/mol. The highest BCUT2D eigenvalue weighted by molar-refractivity contribution is 6.31. The summed E-state index contributed by atoms with van der Waals surface area (Å²) in [4.78, 5) is 24.6. The second-order valence-corrected chi connectivity index (χ2v) is 8.04. The van der Waals surface area contributed by atoms with Gasteiger partial charge in [-0.3, -0.25) is 9.59 Å². The third-order valence-electron chi connectivity index (χ3n) is 5.72. The Bertz CT molecular complexity index is 1080. The summed E-state index contributed by atoms with van der Waals surface area (Å²) < 4.78 is 5.52. The summed E-state index contributed by atoms with van der Waals surface area (Å²) in [6, 6.07) is 22.0. The number of carbonyl (C=O) groups is 2. The molecule has 0 aliphatic heterocycles. The maximum atomic E-state index is 12.8. The van der Waals surface area contributed by atoms with Crippen molar-refractivity contribution in [3.63, 3.8) is 0 Å². The van der Waals surface area contributed by atoms with E-state index in [2.05, 4.69) is 0 Å². The Kier molecular flexibility index (Phi) is 6.07. The minimum Gasteiger partial charge on any atom is -0.481 e. The fourth-order valence-electron chi connectivity index (χ4n) is 4.19. The molecule has 1 aliphatic rings. The van der Waals surface area contributed by atoms with Gasteiger partial charge in [0.05, 0.1) is 0 Å². The van der Waals surface area contributed by atoms with Gasteiger partial charge >= 0.3 is 11.9 Å². The molecular formula is C25H22ClNO4. The quantitative estimate of drug-likeness (QED) is 0.427. The molecule has 2 atom stereocenters. The average Bonchev–Trinajstić information content (AvgIpc) is 3.07. The normalized spacial score (nSPS) is 14.4. The van der Waals surface area contributed by atoms with Gasteiger partial charge < -0.3 is 15.6 Å². The van der Waals surface area contributed by atoms with E-state index in [0.717, 1.165) is 22.3 Å². The number of carboxylic acid groups (broad SMARTS) is 1. The van der Waals surface area contributed by atoms with Gasteiger partial charge in [-0.25, -0.2) is 0 Å². The number of benzene rings is 3. The van der Waals surface area contributed by atoms with Gasteiger partial charge in [0, 0.05) is 17.0 Å². The molecule has 1 aliphatic carbocycles. The van der Waals surface area contributed by atoms with Crippen LogP contribution in [0, 0.1) is 5.92 Å². The molecular weight excluding hydrogens is 414 g/mol. The van der Waals surface area contributed by atoms with Gasteiger partial charge in [0.15, 0.2) is 5.92 Å². The highest BCUT2D eigenvalue weighted by Gasteiger charge is 2.36. The number of nitrogens with two attached hydrogens (primary N) is 1. The molecule has 0 amide bonds. The zero-order chi connectivity index (χ0) is 22.0. The lowest BCUT2D eigenvalue weighted by atomic mass is 9.94. The molecule has 0 fully saturated rings. The van der Waals surface area contributed by atoms with Gasteiger partial charge in [-0.2, -0.15) is 0 Å². The third kappa shape index (κ3) is 4.20. The molecule has 0 heterocycles. The van der Waals surface area contributed by atoms with Crippen LogP contribution in [-0.2, 0) is 20.7 Å². The minimum absolute atomic E-state index is 0.0510. The van der Waals surface area contributed by atoms with Crippen molar-refractivity contribution in [3.05, 3.63) is 94.5 Å². The van der Waals surface area contributed by atoms with E-state index in [0.29, 0.717) is 10.6 Å². The zero-order valence-electron chi connectivity index (χ0n) is 16.7. The smallest absolute Gasteiger partial charge is 0.321 e. The number of halogens is 1. The topological polar surface area (TPSA) is 89.6 Å². The lowest BCUT2D eigenvalue weighted by molar-refractivity contribution is -0.159. The fraction of sp³-hybridized carbons (Fsp3) is 0.200. The molecule has 5 nitrogen and oxygen atoms in total. The van der Waals surface area contributed by atoms with Crippen LogP contribution in [0.15, 0.2) is 72.8 Å². The first-order valence-corrected chi connectivity index (χ1v) is 10.4. The largest absolute Gasteiger partial charge is 0.481 e. The molecule has 0 saturated heterocycles. The number of fused-ring (bicyclic) bond motifs is 3. The van der Waals surface area contributed by atoms with Crippen LogP contribution in [0.4, 0.5) is 0 Å². The summed E-state index contributed by atoms with van der Waals surface area (Å²) in [7, 11) is 0. The molecule has 4 rings (SSSR count). The van der Waals surface area contributed by atoms with Gasteiger partial charge in [0.1, 0.15) is 6.61 Å². The Morgan fingerprint density at radius 3 is 2.06 bits per heavy atom. The summed E-state index contributed by atoms with van der Waals surface area (Å²) in [6.07, 6.45) is 0.154. The number of esters is 1. The van der Waals surface area contributed by atoms with Crippen LogP contribution in [0.5, 0.6) is 0 Å². The van der Waals surface area contributed by atoms with Crippen molar-refractivity contribution in [2.45, 2.75) is 18.4 Å². The second-order valence-electron chi connectivity index (χ2n) is 7.63. The highest BCUT2D eigenvalue weighted by Crippen LogP contribution is 2.44. The van der Waals surface area contributed by atoms with Crippen molar-refractivity contribution < 1.29 is 19.4 Å². The SMILES string of the molecule is NC(Cc1ccccc1Cl)[C@H](C(=O)O)C(=O)OCC1c2ccccc2-c2ccccc21. The first-order valence-electron chi connectivity index (χ1n) is 10.0. The summed E-state index contributed by atoms with van der Waals surface area (Å²) in [5.41, 5.74) is 11.1. The van der Waals surface area contributed by atoms with Crippen LogP contribution in [0.2, 0.25) is 5.02 Å². The second kappa shape index (κ2) is 8.92. The number of carboxylic acids is 1. The Morgan fingerprint density at radius 1 is 0.935 bits per heavy atom. The summed E-state index contributed by atoms with van der Waals surface area (Å²) in [6.45, 7) is 0.0510. The van der Waals surface area contributed by atoms with E-state index in [-0.39, 0.29) is 18.9 Å². The van der Waals surface area contributed by atoms with E-state index in [1.165, 1.54) is 0 Å². The molecule has 0 aromatic heterocycles. The standard InChI is InChI=1S/C25H22ClNO4/c26-21-12-6-1-7-15(21)13-22(27)23(24(28)29)25(30)31-14-20-18-10-4-2-8-16(18)17-9-3-5-11-19(17)20/h1-12,20,22-23H,13-14,27H2,(H,28,29)/t22?,23-/m1/s1. The maximum absolute atomic E-state index is 12.8. The summed E-state index contributed by atoms with van der Waals surface area (Å²) in [5, 5.41) is 10.1. The lowest BCUT2D eigenvalue weighted by Crippen LogP contribution is -2.43. The highest BCUT2D eigenvalue weighted by atomic mass is 35.5. The maximum Gasteiger partial charge on any atom is 0.321 e. The molecule has 1 unspecified atom stereocenters. The van der Waals surface area contributed by atoms with Crippen LogP contribution in [-0.4, -0.2) is 29.7 Å². The van der Waals surface area contributed by atoms with E-state index in [9.17, 15) is 14.7 Å². The van der Waals surface area contributed by atoms with Crippen molar-refractivity contribution in [2.75, 3.05) is 6.61 Å². The minimum atomic E-state index is -1.48. The van der Waals surface area contributed by atoms with Crippen LogP contribution < -0.4 is 5.73 Å². The molecule has 0 bridgehead atoms. The van der Waals surface area contributed by atoms with E-state index >= 15 is 0 Å². The first-order chi connectivity index (χ1) is 15.0. The van der Waals surface area contributed by atoms with Gasteiger partial charge in [-0.1, -0.05) is 78.3 Å². The van der Waals surface area contributed by atoms with Crippen LogP contribution >= 0.6 is 11.6 Å². The Hall–Kier alpha value is -3.15. The molecule has 0 spiro atoms. The van der Waals surface area contributed by atoms with Crippen LogP contribution in [0.1, 0.15) is 22.6 Å². The van der Waals surface area contributed by atoms with Crippen molar-refractivity contribution in [1.82, 2.24) is 0 Å². The fourth-order valence-corrected chi connectivity index (χ4v) is 4.40. The van der Waals surface area contributed by atoms with Gasteiger partial charge in [-0.15, -0.1) is 0 Å². The third-order valence-corrected chi connectivity index (χ3v) is 6.09. The number of hydrogen-bond acceptors (Lipinski definition) is 4. The number of aliphatic carboxylic acids is 1. The molecule has 6 heteroatoms. The number of hydrogen-bond donors (Lipinski definition) is 2. The van der Waals surface area contributed by atoms with Crippen LogP contribution in [0.3, 0.4) is 0 Å². The summed E-state index contributed by atoms with van der Waals surface area (Å²) in [5.74, 6) is -3.78. The average molecular weight is 436 g/mol. The molecule has 31 heavy (non-hydrogen) atoms. The lowest BCUT2D eigenvalue weighted by Gasteiger charge is -2.21. The van der Waals surface area contributed by atoms with Crippen molar-refractivity contribution in [2.24, 2.45) is 11.7 Å². The monoisotopic (exact) mass is 435 g/mol. The van der Waals surface area contributed by atoms with Crippen molar-refractivity contribution in [3.8, 4) is 11.1 Å². The van der Waals surface area contributed by atoms with Crippen molar-refractivity contribution >= 4 is 23.5 Å². The van der Waals surface area contributed by atoms with E-state index in [1.54, 1.807) is 24.3 Å².